The molecule has 1 aromatic carbocycles. The molecular weight excluding hydrogens is 206 g/mol. The van der Waals surface area contributed by atoms with Gasteiger partial charge in [0.05, 0.1) is 0 Å². The van der Waals surface area contributed by atoms with Crippen molar-refractivity contribution < 1.29 is 0 Å². The highest BCUT2D eigenvalue weighted by molar-refractivity contribution is 5.86. The fourth-order valence-corrected chi connectivity index (χ4v) is 1.99. The van der Waals surface area contributed by atoms with E-state index in [1.807, 2.05) is 0 Å². The Kier molecular flexibility index (Phi) is 3.48. The van der Waals surface area contributed by atoms with E-state index >= 15 is 0 Å². The monoisotopic (exact) mass is 225 g/mol. The predicted molar refractivity (Wildman–Crippen MR) is 76.0 cm³/mol. The lowest BCUT2D eigenvalue weighted by molar-refractivity contribution is 1.01. The highest BCUT2D eigenvalue weighted by Crippen LogP contribution is 2.32. The second-order valence-corrected chi connectivity index (χ2v) is 4.48. The molecule has 0 aromatic heterocycles. The maximum Gasteiger partial charge on any atom is 0.0485 e. The average Bonchev–Trinajstić information content (AvgIpc) is 2.35. The summed E-state index contributed by atoms with van der Waals surface area (Å²) in [5.41, 5.74) is 5.22. The maximum absolute atomic E-state index is 2.27. The molecule has 0 aliphatic carbocycles. The molecule has 0 fully saturated rings. The van der Waals surface area contributed by atoms with E-state index < -0.39 is 0 Å². The molecule has 1 heterocycles. The van der Waals surface area contributed by atoms with Crippen molar-refractivity contribution in [3.63, 3.8) is 0 Å². The summed E-state index contributed by atoms with van der Waals surface area (Å²) < 4.78 is 0. The highest BCUT2D eigenvalue weighted by atomic mass is 15.1. The molecule has 0 bridgehead atoms. The number of hydrogen-bond acceptors (Lipinski definition) is 1. The third-order valence-electron chi connectivity index (χ3n) is 2.90. The summed E-state index contributed by atoms with van der Waals surface area (Å²) in [6, 6.07) is 8.56. The Hall–Kier alpha value is -1.76. The van der Waals surface area contributed by atoms with Crippen LogP contribution in [0.2, 0.25) is 0 Å². The summed E-state index contributed by atoms with van der Waals surface area (Å²) in [6.45, 7) is 7.41. The van der Waals surface area contributed by atoms with Crippen molar-refractivity contribution in [2.24, 2.45) is 0 Å². The largest absolute Gasteiger partial charge is 0.348 e. The van der Waals surface area contributed by atoms with E-state index in [4.69, 9.17) is 0 Å². The fourth-order valence-electron chi connectivity index (χ4n) is 1.99. The third-order valence-corrected chi connectivity index (χ3v) is 2.90. The highest BCUT2D eigenvalue weighted by Gasteiger charge is 2.13. The van der Waals surface area contributed by atoms with Crippen molar-refractivity contribution >= 4 is 11.3 Å². The molecule has 0 spiro atoms. The first-order valence-electron chi connectivity index (χ1n) is 6.12. The van der Waals surface area contributed by atoms with E-state index in [9.17, 15) is 0 Å². The zero-order valence-corrected chi connectivity index (χ0v) is 10.8. The van der Waals surface area contributed by atoms with Crippen LogP contribution < -0.4 is 4.90 Å². The molecule has 1 heteroatoms. The van der Waals surface area contributed by atoms with E-state index in [0.29, 0.717) is 0 Å². The van der Waals surface area contributed by atoms with E-state index in [0.717, 1.165) is 6.54 Å². The minimum atomic E-state index is 1.00. The third kappa shape index (κ3) is 2.50. The number of para-hydroxylation sites is 1. The molecule has 0 saturated heterocycles. The molecule has 88 valence electrons. The minimum absolute atomic E-state index is 1.00. The Morgan fingerprint density at radius 3 is 2.71 bits per heavy atom. The summed E-state index contributed by atoms with van der Waals surface area (Å²) in [6.07, 6.45) is 8.70. The van der Waals surface area contributed by atoms with Crippen LogP contribution in [0.15, 0.2) is 54.3 Å². The molecule has 1 aromatic rings. The van der Waals surface area contributed by atoms with Gasteiger partial charge in [0, 0.05) is 24.0 Å². The van der Waals surface area contributed by atoms with E-state index in [1.54, 1.807) is 0 Å². The number of rotatable bonds is 2. The maximum atomic E-state index is 2.27. The van der Waals surface area contributed by atoms with Crippen LogP contribution in [0.5, 0.6) is 0 Å². The van der Waals surface area contributed by atoms with E-state index in [-0.39, 0.29) is 0 Å². The standard InChI is InChI=1S/C16H19N/c1-4-17-12-11-14(10-9-13(2)3)15-7-5-6-8-16(15)17/h5-12H,4H2,1-3H3/b14-10-. The summed E-state index contributed by atoms with van der Waals surface area (Å²) in [7, 11) is 0. The molecule has 0 saturated carbocycles. The molecule has 0 unspecified atom stereocenters. The number of allylic oxidation sites excluding steroid dienone is 5. The molecule has 17 heavy (non-hydrogen) atoms. The molecule has 1 aliphatic heterocycles. The lowest BCUT2D eigenvalue weighted by Gasteiger charge is -2.26. The van der Waals surface area contributed by atoms with Crippen LogP contribution in [0, 0.1) is 0 Å². The summed E-state index contributed by atoms with van der Waals surface area (Å²) >= 11 is 0. The van der Waals surface area contributed by atoms with Gasteiger partial charge in [-0.3, -0.25) is 0 Å². The van der Waals surface area contributed by atoms with Crippen molar-refractivity contribution in [1.82, 2.24) is 0 Å². The van der Waals surface area contributed by atoms with Crippen molar-refractivity contribution in [3.05, 3.63) is 59.8 Å². The van der Waals surface area contributed by atoms with Crippen LogP contribution in [0.4, 0.5) is 5.69 Å². The molecule has 0 amide bonds. The summed E-state index contributed by atoms with van der Waals surface area (Å²) in [5.74, 6) is 0. The minimum Gasteiger partial charge on any atom is -0.348 e. The Balaban J connectivity index is 2.46. The zero-order valence-electron chi connectivity index (χ0n) is 10.8. The number of anilines is 1. The van der Waals surface area contributed by atoms with Crippen LogP contribution in [0.1, 0.15) is 26.3 Å². The van der Waals surface area contributed by atoms with Crippen molar-refractivity contribution in [2.75, 3.05) is 11.4 Å². The molecular formula is C16H19N. The van der Waals surface area contributed by atoms with Gasteiger partial charge in [-0.05, 0) is 38.5 Å². The fraction of sp³-hybridized carbons (Fsp3) is 0.250. The van der Waals surface area contributed by atoms with Gasteiger partial charge in [-0.25, -0.2) is 0 Å². The van der Waals surface area contributed by atoms with Gasteiger partial charge in [0.15, 0.2) is 0 Å². The second kappa shape index (κ2) is 5.05. The summed E-state index contributed by atoms with van der Waals surface area (Å²) in [4.78, 5) is 2.27. The van der Waals surface area contributed by atoms with Gasteiger partial charge in [-0.1, -0.05) is 35.9 Å². The van der Waals surface area contributed by atoms with Gasteiger partial charge in [0.25, 0.3) is 0 Å². The molecule has 1 aliphatic rings. The van der Waals surface area contributed by atoms with Crippen LogP contribution in [-0.2, 0) is 0 Å². The Morgan fingerprint density at radius 2 is 2.00 bits per heavy atom. The topological polar surface area (TPSA) is 3.24 Å². The average molecular weight is 225 g/mol. The first-order valence-corrected chi connectivity index (χ1v) is 6.12. The smallest absolute Gasteiger partial charge is 0.0485 e. The number of benzene rings is 1. The first-order chi connectivity index (χ1) is 8.22. The SMILES string of the molecule is CCN1C=C/C(=C/C=C(C)C)c2ccccc21. The number of nitrogens with zero attached hydrogens (tertiary/aromatic N) is 1. The zero-order chi connectivity index (χ0) is 12.3. The Morgan fingerprint density at radius 1 is 1.24 bits per heavy atom. The lowest BCUT2D eigenvalue weighted by Crippen LogP contribution is -2.18. The summed E-state index contributed by atoms with van der Waals surface area (Å²) in [5, 5.41) is 0. The molecule has 0 N–H and O–H groups in total. The number of hydrogen-bond donors (Lipinski definition) is 0. The van der Waals surface area contributed by atoms with E-state index in [2.05, 4.69) is 74.4 Å². The molecule has 0 radical (unpaired) electrons. The quantitative estimate of drug-likeness (QED) is 0.721. The van der Waals surface area contributed by atoms with Crippen molar-refractivity contribution in [3.8, 4) is 0 Å². The second-order valence-electron chi connectivity index (χ2n) is 4.48. The van der Waals surface area contributed by atoms with Gasteiger partial charge in [-0.15, -0.1) is 0 Å². The van der Waals surface area contributed by atoms with Gasteiger partial charge in [-0.2, -0.15) is 0 Å². The van der Waals surface area contributed by atoms with Crippen LogP contribution >= 0.6 is 0 Å². The van der Waals surface area contributed by atoms with Gasteiger partial charge in [0.1, 0.15) is 0 Å². The Labute approximate surface area is 104 Å². The van der Waals surface area contributed by atoms with Crippen molar-refractivity contribution in [2.45, 2.75) is 20.8 Å². The normalized spacial score (nSPS) is 15.9. The van der Waals surface area contributed by atoms with E-state index in [1.165, 1.54) is 22.4 Å². The molecule has 1 nitrogen and oxygen atoms in total. The van der Waals surface area contributed by atoms with Crippen LogP contribution in [0.3, 0.4) is 0 Å². The van der Waals surface area contributed by atoms with Gasteiger partial charge in [0.2, 0.25) is 0 Å². The van der Waals surface area contributed by atoms with Gasteiger partial charge >= 0.3 is 0 Å². The van der Waals surface area contributed by atoms with Crippen molar-refractivity contribution in [1.29, 1.82) is 0 Å². The van der Waals surface area contributed by atoms with Crippen LogP contribution in [0.25, 0.3) is 5.57 Å². The molecule has 2 rings (SSSR count). The predicted octanol–water partition coefficient (Wildman–Crippen LogP) is 4.39. The Bertz CT molecular complexity index is 488. The van der Waals surface area contributed by atoms with Gasteiger partial charge < -0.3 is 4.90 Å². The first kappa shape index (κ1) is 11.7. The lowest BCUT2D eigenvalue weighted by atomic mass is 9.99. The van der Waals surface area contributed by atoms with Crippen LogP contribution in [-0.4, -0.2) is 6.54 Å². The molecule has 0 atom stereocenters. The number of fused-ring (bicyclic) bond motifs is 1.